The highest BCUT2D eigenvalue weighted by Gasteiger charge is 2.14. The van der Waals surface area contributed by atoms with Crippen LogP contribution in [0.2, 0.25) is 0 Å². The molecular weight excluding hydrogens is 308 g/mol. The van der Waals surface area contributed by atoms with E-state index in [0.29, 0.717) is 19.8 Å². The quantitative estimate of drug-likeness (QED) is 0.309. The Balaban J connectivity index is 4.22. The second-order valence-electron chi connectivity index (χ2n) is 5.47. The molecule has 0 heterocycles. The molecule has 0 aromatic rings. The number of methoxy groups -OCH3 is 1. The minimum Gasteiger partial charge on any atom is -0.382 e. The van der Waals surface area contributed by atoms with E-state index in [1.165, 1.54) is 0 Å². The minimum atomic E-state index is 0.125. The number of carbonyl (C=O) groups is 1. The number of unbranched alkanes of at least 4 members (excludes halogenated alkanes) is 1. The first-order valence-electron chi connectivity index (χ1n) is 8.94. The molecule has 0 unspecified atom stereocenters. The van der Waals surface area contributed by atoms with Crippen LogP contribution in [0.25, 0.3) is 0 Å². The first-order valence-corrected chi connectivity index (χ1v) is 8.94. The second kappa shape index (κ2) is 15.2. The van der Waals surface area contributed by atoms with Crippen LogP contribution in [-0.2, 0) is 14.3 Å². The summed E-state index contributed by atoms with van der Waals surface area (Å²) in [6, 6.07) is 0. The fourth-order valence-electron chi connectivity index (χ4n) is 2.17. The van der Waals surface area contributed by atoms with Crippen molar-refractivity contribution in [1.29, 1.82) is 0 Å². The van der Waals surface area contributed by atoms with Crippen LogP contribution in [0.3, 0.4) is 0 Å². The molecule has 24 heavy (non-hydrogen) atoms. The molecule has 0 rings (SSSR count). The van der Waals surface area contributed by atoms with Gasteiger partial charge in [0, 0.05) is 46.9 Å². The van der Waals surface area contributed by atoms with Crippen LogP contribution in [0, 0.1) is 0 Å². The summed E-state index contributed by atoms with van der Waals surface area (Å²) in [4.78, 5) is 20.5. The molecule has 0 saturated heterocycles. The highest BCUT2D eigenvalue weighted by Crippen LogP contribution is 1.96. The van der Waals surface area contributed by atoms with Crippen LogP contribution in [0.4, 0.5) is 0 Å². The third-order valence-corrected chi connectivity index (χ3v) is 3.58. The molecule has 0 aromatic carbocycles. The normalized spacial score (nSPS) is 11.5. The van der Waals surface area contributed by atoms with Crippen molar-refractivity contribution in [3.63, 3.8) is 0 Å². The van der Waals surface area contributed by atoms with Crippen molar-refractivity contribution >= 4 is 11.9 Å². The smallest absolute Gasteiger partial charge is 0.242 e. The number of nitrogens with zero attached hydrogens (tertiary/aromatic N) is 3. The summed E-state index contributed by atoms with van der Waals surface area (Å²) in [5.41, 5.74) is 0. The number of hydrogen-bond acceptors (Lipinski definition) is 4. The SMILES string of the molecule is CCNC(=NCCCCOCCOC)N(C)CC(=O)N(CC)CC. The van der Waals surface area contributed by atoms with Crippen LogP contribution < -0.4 is 5.32 Å². The van der Waals surface area contributed by atoms with Crippen molar-refractivity contribution in [2.45, 2.75) is 33.6 Å². The molecule has 7 heteroatoms. The van der Waals surface area contributed by atoms with Gasteiger partial charge in [-0.1, -0.05) is 0 Å². The van der Waals surface area contributed by atoms with E-state index >= 15 is 0 Å². The van der Waals surface area contributed by atoms with Crippen molar-refractivity contribution in [2.75, 3.05) is 66.7 Å². The standard InChI is InChI=1S/C17H36N4O3/c1-6-18-17(19-11-9-10-12-24-14-13-23-5)20(4)15-16(22)21(7-2)8-3/h6-15H2,1-5H3,(H,18,19). The molecule has 0 aliphatic heterocycles. The molecule has 0 aliphatic rings. The summed E-state index contributed by atoms with van der Waals surface area (Å²) in [6.07, 6.45) is 1.93. The van der Waals surface area contributed by atoms with Gasteiger partial charge in [0.1, 0.15) is 0 Å². The van der Waals surface area contributed by atoms with Crippen molar-refractivity contribution in [3.8, 4) is 0 Å². The molecule has 1 amide bonds. The van der Waals surface area contributed by atoms with E-state index in [9.17, 15) is 4.79 Å². The van der Waals surface area contributed by atoms with E-state index in [-0.39, 0.29) is 5.91 Å². The Morgan fingerprint density at radius 3 is 2.38 bits per heavy atom. The summed E-state index contributed by atoms with van der Waals surface area (Å²) >= 11 is 0. The van der Waals surface area contributed by atoms with Gasteiger partial charge in [-0.15, -0.1) is 0 Å². The largest absolute Gasteiger partial charge is 0.382 e. The van der Waals surface area contributed by atoms with Gasteiger partial charge in [0.25, 0.3) is 0 Å². The summed E-state index contributed by atoms with van der Waals surface area (Å²) in [7, 11) is 3.57. The molecule has 0 spiro atoms. The molecule has 142 valence electrons. The van der Waals surface area contributed by atoms with E-state index in [1.807, 2.05) is 37.6 Å². The Bertz CT molecular complexity index is 347. The molecule has 0 aromatic heterocycles. The average molecular weight is 345 g/mol. The van der Waals surface area contributed by atoms with Crippen LogP contribution in [0.1, 0.15) is 33.6 Å². The maximum atomic E-state index is 12.2. The second-order valence-corrected chi connectivity index (χ2v) is 5.47. The third kappa shape index (κ3) is 10.4. The summed E-state index contributed by atoms with van der Waals surface area (Å²) < 4.78 is 10.4. The Morgan fingerprint density at radius 2 is 1.79 bits per heavy atom. The lowest BCUT2D eigenvalue weighted by Gasteiger charge is -2.25. The molecule has 0 saturated carbocycles. The fraction of sp³-hybridized carbons (Fsp3) is 0.882. The molecule has 7 nitrogen and oxygen atoms in total. The number of rotatable bonds is 13. The minimum absolute atomic E-state index is 0.125. The van der Waals surface area contributed by atoms with Crippen LogP contribution in [0.15, 0.2) is 4.99 Å². The lowest BCUT2D eigenvalue weighted by atomic mass is 10.3. The van der Waals surface area contributed by atoms with Gasteiger partial charge in [0.15, 0.2) is 5.96 Å². The number of aliphatic imine (C=N–C) groups is 1. The summed E-state index contributed by atoms with van der Waals surface area (Å²) in [5, 5.41) is 3.24. The third-order valence-electron chi connectivity index (χ3n) is 3.58. The first-order chi connectivity index (χ1) is 11.6. The highest BCUT2D eigenvalue weighted by molar-refractivity contribution is 5.86. The number of amides is 1. The zero-order chi connectivity index (χ0) is 18.2. The van der Waals surface area contributed by atoms with Gasteiger partial charge < -0.3 is 24.6 Å². The number of guanidine groups is 1. The number of nitrogens with one attached hydrogen (secondary N) is 1. The number of ether oxygens (including phenoxy) is 2. The Morgan fingerprint density at radius 1 is 1.08 bits per heavy atom. The lowest BCUT2D eigenvalue weighted by Crippen LogP contribution is -2.45. The monoisotopic (exact) mass is 344 g/mol. The van der Waals surface area contributed by atoms with Crippen LogP contribution >= 0.6 is 0 Å². The van der Waals surface area contributed by atoms with Gasteiger partial charge in [0.2, 0.25) is 5.91 Å². The Labute approximate surface area is 147 Å². The molecule has 0 aliphatic carbocycles. The topological polar surface area (TPSA) is 66.4 Å². The van der Waals surface area contributed by atoms with Gasteiger partial charge >= 0.3 is 0 Å². The van der Waals surface area contributed by atoms with Gasteiger partial charge in [-0.05, 0) is 33.6 Å². The average Bonchev–Trinajstić information content (AvgIpc) is 2.57. The molecule has 0 bridgehead atoms. The molecule has 0 fully saturated rings. The van der Waals surface area contributed by atoms with Crippen molar-refractivity contribution in [1.82, 2.24) is 15.1 Å². The van der Waals surface area contributed by atoms with E-state index in [1.54, 1.807) is 7.11 Å². The van der Waals surface area contributed by atoms with Crippen molar-refractivity contribution < 1.29 is 14.3 Å². The maximum absolute atomic E-state index is 12.2. The number of hydrogen-bond donors (Lipinski definition) is 1. The van der Waals surface area contributed by atoms with E-state index in [0.717, 1.165) is 51.6 Å². The highest BCUT2D eigenvalue weighted by atomic mass is 16.5. The zero-order valence-corrected chi connectivity index (χ0v) is 16.1. The van der Waals surface area contributed by atoms with Crippen LogP contribution in [0.5, 0.6) is 0 Å². The molecule has 1 N–H and O–H groups in total. The van der Waals surface area contributed by atoms with Gasteiger partial charge in [-0.2, -0.15) is 0 Å². The Hall–Kier alpha value is -1.34. The molecular formula is C17H36N4O3. The Kier molecular flexibility index (Phi) is 14.4. The summed E-state index contributed by atoms with van der Waals surface area (Å²) in [5.74, 6) is 0.901. The first kappa shape index (κ1) is 22.7. The number of likely N-dealkylation sites (N-methyl/N-ethyl adjacent to an activating group) is 2. The maximum Gasteiger partial charge on any atom is 0.242 e. The van der Waals surface area contributed by atoms with Gasteiger partial charge in [-0.3, -0.25) is 9.79 Å². The van der Waals surface area contributed by atoms with E-state index < -0.39 is 0 Å². The van der Waals surface area contributed by atoms with Crippen molar-refractivity contribution in [3.05, 3.63) is 0 Å². The zero-order valence-electron chi connectivity index (χ0n) is 16.1. The predicted molar refractivity (Wildman–Crippen MR) is 98.5 cm³/mol. The van der Waals surface area contributed by atoms with Crippen LogP contribution in [-0.4, -0.2) is 88.4 Å². The molecule has 0 radical (unpaired) electrons. The summed E-state index contributed by atoms with van der Waals surface area (Å²) in [6.45, 7) is 11.3. The van der Waals surface area contributed by atoms with Gasteiger partial charge in [0.05, 0.1) is 19.8 Å². The predicted octanol–water partition coefficient (Wildman–Crippen LogP) is 1.20. The molecule has 0 atom stereocenters. The van der Waals surface area contributed by atoms with E-state index in [2.05, 4.69) is 10.3 Å². The van der Waals surface area contributed by atoms with E-state index in [4.69, 9.17) is 9.47 Å². The number of carbonyl (C=O) groups excluding carboxylic acids is 1. The van der Waals surface area contributed by atoms with Gasteiger partial charge in [-0.25, -0.2) is 0 Å². The fourth-order valence-corrected chi connectivity index (χ4v) is 2.17. The van der Waals surface area contributed by atoms with Crippen molar-refractivity contribution in [2.24, 2.45) is 4.99 Å². The lowest BCUT2D eigenvalue weighted by molar-refractivity contribution is -0.131.